The van der Waals surface area contributed by atoms with Gasteiger partial charge in [0.1, 0.15) is 5.82 Å². The summed E-state index contributed by atoms with van der Waals surface area (Å²) in [6, 6.07) is 1.62. The molecule has 0 amide bonds. The minimum absolute atomic E-state index is 0.0678. The van der Waals surface area contributed by atoms with E-state index in [1.54, 1.807) is 0 Å². The molecule has 1 saturated carbocycles. The lowest BCUT2D eigenvalue weighted by molar-refractivity contribution is 0.00578. The molecule has 1 aromatic carbocycles. The summed E-state index contributed by atoms with van der Waals surface area (Å²) in [6.45, 7) is 7.75. The van der Waals surface area contributed by atoms with Crippen molar-refractivity contribution >= 4 is 7.12 Å². The highest BCUT2D eigenvalue weighted by molar-refractivity contribution is 6.49. The second kappa shape index (κ2) is 4.49. The van der Waals surface area contributed by atoms with Gasteiger partial charge < -0.3 is 9.31 Å². The zero-order chi connectivity index (χ0) is 15.6. The Morgan fingerprint density at radius 2 is 1.62 bits per heavy atom. The zero-order valence-electron chi connectivity index (χ0n) is 12.5. The van der Waals surface area contributed by atoms with Crippen LogP contribution in [0, 0.1) is 17.5 Å². The van der Waals surface area contributed by atoms with Crippen LogP contribution >= 0.6 is 0 Å². The van der Waals surface area contributed by atoms with Gasteiger partial charge in [0.05, 0.1) is 11.2 Å². The highest BCUT2D eigenvalue weighted by Gasteiger charge is 2.60. The largest absolute Gasteiger partial charge is 0.461 e. The van der Waals surface area contributed by atoms with Gasteiger partial charge in [-0.25, -0.2) is 13.2 Å². The van der Waals surface area contributed by atoms with E-state index in [9.17, 15) is 13.2 Å². The quantitative estimate of drug-likeness (QED) is 0.605. The molecule has 0 radical (unpaired) electrons. The van der Waals surface area contributed by atoms with Crippen molar-refractivity contribution in [2.24, 2.45) is 0 Å². The smallest absolute Gasteiger partial charge is 0.403 e. The van der Waals surface area contributed by atoms with E-state index in [-0.39, 0.29) is 17.3 Å². The Bertz CT molecular complexity index is 573. The minimum atomic E-state index is -1.15. The van der Waals surface area contributed by atoms with Crippen molar-refractivity contribution < 1.29 is 22.5 Å². The van der Waals surface area contributed by atoms with E-state index < -0.39 is 35.8 Å². The second-order valence-electron chi connectivity index (χ2n) is 6.92. The molecule has 21 heavy (non-hydrogen) atoms. The summed E-state index contributed by atoms with van der Waals surface area (Å²) in [7, 11) is -0.467. The molecule has 2 fully saturated rings. The fraction of sp³-hybridized carbons (Fsp3) is 0.600. The topological polar surface area (TPSA) is 18.5 Å². The van der Waals surface area contributed by atoms with Gasteiger partial charge in [-0.15, -0.1) is 0 Å². The van der Waals surface area contributed by atoms with E-state index in [1.807, 2.05) is 27.7 Å². The fourth-order valence-corrected chi connectivity index (χ4v) is 2.78. The molecule has 0 spiro atoms. The molecular formula is C15H18BF3O2. The Morgan fingerprint density at radius 3 is 2.19 bits per heavy atom. The van der Waals surface area contributed by atoms with Crippen LogP contribution in [0.15, 0.2) is 12.1 Å². The molecule has 2 nitrogen and oxygen atoms in total. The van der Waals surface area contributed by atoms with E-state index in [2.05, 4.69) is 0 Å². The summed E-state index contributed by atoms with van der Waals surface area (Å²) < 4.78 is 52.2. The molecule has 3 rings (SSSR count). The Balaban J connectivity index is 1.79. The van der Waals surface area contributed by atoms with Crippen molar-refractivity contribution in [3.05, 3.63) is 35.1 Å². The van der Waals surface area contributed by atoms with Crippen LogP contribution in [-0.4, -0.2) is 18.3 Å². The number of halogens is 3. The molecule has 1 aliphatic carbocycles. The monoisotopic (exact) mass is 298 g/mol. The predicted molar refractivity (Wildman–Crippen MR) is 73.5 cm³/mol. The van der Waals surface area contributed by atoms with Gasteiger partial charge in [-0.2, -0.15) is 0 Å². The summed E-state index contributed by atoms with van der Waals surface area (Å²) in [6.07, 6.45) is 0.608. The Kier molecular flexibility index (Phi) is 3.19. The van der Waals surface area contributed by atoms with Gasteiger partial charge in [0.15, 0.2) is 11.6 Å². The molecule has 1 heterocycles. The van der Waals surface area contributed by atoms with Crippen LogP contribution in [0.2, 0.25) is 5.82 Å². The average Bonchev–Trinajstić information content (AvgIpc) is 3.08. The molecule has 1 aromatic rings. The minimum Gasteiger partial charge on any atom is -0.403 e. The molecule has 0 N–H and O–H groups in total. The highest BCUT2D eigenvalue weighted by atomic mass is 19.2. The molecular weight excluding hydrogens is 280 g/mol. The Hall–Kier alpha value is -1.01. The molecule has 2 atom stereocenters. The Labute approximate surface area is 122 Å². The predicted octanol–water partition coefficient (Wildman–Crippen LogP) is 4.05. The summed E-state index contributed by atoms with van der Waals surface area (Å²) in [5, 5.41) is 0. The van der Waals surface area contributed by atoms with Crippen LogP contribution in [0.25, 0.3) is 0 Å². The zero-order valence-corrected chi connectivity index (χ0v) is 12.5. The lowest BCUT2D eigenvalue weighted by Gasteiger charge is -2.32. The summed E-state index contributed by atoms with van der Waals surface area (Å²) in [4.78, 5) is 0. The van der Waals surface area contributed by atoms with Gasteiger partial charge in [0, 0.05) is 11.9 Å². The van der Waals surface area contributed by atoms with Gasteiger partial charge in [0.2, 0.25) is 0 Å². The molecule has 0 aromatic heterocycles. The van der Waals surface area contributed by atoms with Crippen LogP contribution in [0.3, 0.4) is 0 Å². The second-order valence-corrected chi connectivity index (χ2v) is 6.92. The number of hydrogen-bond acceptors (Lipinski definition) is 2. The molecule has 0 bridgehead atoms. The van der Waals surface area contributed by atoms with Crippen LogP contribution in [0.4, 0.5) is 13.2 Å². The first-order chi connectivity index (χ1) is 9.62. The van der Waals surface area contributed by atoms with E-state index in [4.69, 9.17) is 9.31 Å². The third kappa shape index (κ3) is 2.38. The van der Waals surface area contributed by atoms with Crippen LogP contribution in [0.1, 0.15) is 45.6 Å². The van der Waals surface area contributed by atoms with Crippen LogP contribution < -0.4 is 0 Å². The lowest BCUT2D eigenvalue weighted by atomic mass is 9.79. The maximum atomic E-state index is 13.8. The number of rotatable bonds is 2. The summed E-state index contributed by atoms with van der Waals surface area (Å²) in [5.74, 6) is -3.21. The maximum Gasteiger partial charge on any atom is 0.461 e. The molecule has 2 aliphatic rings. The van der Waals surface area contributed by atoms with E-state index in [0.717, 1.165) is 6.07 Å². The van der Waals surface area contributed by atoms with Crippen molar-refractivity contribution in [3.63, 3.8) is 0 Å². The first-order valence-electron chi connectivity index (χ1n) is 7.12. The van der Waals surface area contributed by atoms with Crippen molar-refractivity contribution in [3.8, 4) is 0 Å². The van der Waals surface area contributed by atoms with Crippen molar-refractivity contribution in [2.75, 3.05) is 0 Å². The van der Waals surface area contributed by atoms with Crippen molar-refractivity contribution in [2.45, 2.75) is 57.1 Å². The van der Waals surface area contributed by atoms with Gasteiger partial charge in [-0.3, -0.25) is 0 Å². The van der Waals surface area contributed by atoms with Gasteiger partial charge >= 0.3 is 7.12 Å². The van der Waals surface area contributed by atoms with Gasteiger partial charge in [0.25, 0.3) is 0 Å². The van der Waals surface area contributed by atoms with E-state index >= 15 is 0 Å². The fourth-order valence-electron chi connectivity index (χ4n) is 2.78. The van der Waals surface area contributed by atoms with E-state index in [0.29, 0.717) is 12.5 Å². The molecule has 1 saturated heterocycles. The summed E-state index contributed by atoms with van der Waals surface area (Å²) in [5.41, 5.74) is -0.847. The van der Waals surface area contributed by atoms with Crippen molar-refractivity contribution in [1.29, 1.82) is 0 Å². The number of hydrogen-bond donors (Lipinski definition) is 0. The van der Waals surface area contributed by atoms with Crippen molar-refractivity contribution in [1.82, 2.24) is 0 Å². The van der Waals surface area contributed by atoms with Crippen LogP contribution in [-0.2, 0) is 9.31 Å². The first kappa shape index (κ1) is 14.9. The molecule has 1 aliphatic heterocycles. The average molecular weight is 298 g/mol. The SMILES string of the molecule is CC1(C)OB([C@H]2C[C@@H]2c2cc(F)cc(F)c2F)OC1(C)C. The van der Waals surface area contributed by atoms with Gasteiger partial charge in [-0.05, 0) is 51.7 Å². The third-order valence-corrected chi connectivity index (χ3v) is 4.88. The number of benzene rings is 1. The maximum absolute atomic E-state index is 13.8. The normalized spacial score (nSPS) is 29.8. The van der Waals surface area contributed by atoms with E-state index in [1.165, 1.54) is 0 Å². The lowest BCUT2D eigenvalue weighted by Crippen LogP contribution is -2.41. The Morgan fingerprint density at radius 1 is 1.05 bits per heavy atom. The third-order valence-electron chi connectivity index (χ3n) is 4.88. The molecule has 114 valence electrons. The summed E-state index contributed by atoms with van der Waals surface area (Å²) >= 11 is 0. The van der Waals surface area contributed by atoms with Crippen LogP contribution in [0.5, 0.6) is 0 Å². The highest BCUT2D eigenvalue weighted by Crippen LogP contribution is 2.58. The van der Waals surface area contributed by atoms with Gasteiger partial charge in [-0.1, -0.05) is 0 Å². The first-order valence-corrected chi connectivity index (χ1v) is 7.12. The molecule has 6 heteroatoms. The molecule has 0 unspecified atom stereocenters. The standard InChI is InChI=1S/C15H18BF3O2/c1-14(2)15(3,4)21-16(20-14)11-7-9(11)10-5-8(17)6-12(18)13(10)19/h5-6,9,11H,7H2,1-4H3/t9-,11+/m1/s1.